The molecule has 2 amide bonds. The summed E-state index contributed by atoms with van der Waals surface area (Å²) in [4.78, 5) is 28.8. The van der Waals surface area contributed by atoms with Crippen LogP contribution in [0.2, 0.25) is 5.02 Å². The van der Waals surface area contributed by atoms with E-state index in [4.69, 9.17) is 11.6 Å². The number of likely N-dealkylation sites (tertiary alicyclic amines) is 1. The lowest BCUT2D eigenvalue weighted by molar-refractivity contribution is -0.139. The van der Waals surface area contributed by atoms with E-state index >= 15 is 0 Å². The molecule has 23 heavy (non-hydrogen) atoms. The highest BCUT2D eigenvalue weighted by Gasteiger charge is 2.38. The molecule has 0 radical (unpaired) electrons. The molecule has 0 unspecified atom stereocenters. The Kier molecular flexibility index (Phi) is 4.62. The largest absolute Gasteiger partial charge is 0.340 e. The lowest BCUT2D eigenvalue weighted by Crippen LogP contribution is -2.45. The molecule has 0 saturated carbocycles. The topological polar surface area (TPSA) is 40.6 Å². The van der Waals surface area contributed by atoms with E-state index in [0.717, 1.165) is 30.6 Å². The number of anilines is 1. The number of nitrogens with zero attached hydrogens (tertiary/aromatic N) is 2. The molecule has 4 nitrogen and oxygen atoms in total. The maximum absolute atomic E-state index is 12.8. The van der Waals surface area contributed by atoms with Crippen molar-refractivity contribution < 1.29 is 9.59 Å². The zero-order valence-electron chi connectivity index (χ0n) is 13.7. The van der Waals surface area contributed by atoms with E-state index < -0.39 is 0 Å². The molecule has 0 aromatic heterocycles. The molecule has 0 aliphatic carbocycles. The number of aryl methyl sites for hydroxylation is 1. The monoisotopic (exact) mass is 334 g/mol. The van der Waals surface area contributed by atoms with Crippen molar-refractivity contribution in [2.75, 3.05) is 18.0 Å². The standard InChI is InChI=1S/C18H23ClN2O2/c1-12-6-7-15(10-16(12)19)21-11-14(9-17(21)22)18(23)20-8-4-3-5-13(20)2/h6-7,10,13-14H,3-5,8-9,11H2,1-2H3/t13-,14-/m0/s1. The normalized spacial score (nSPS) is 25.1. The molecule has 2 aliphatic heterocycles. The minimum Gasteiger partial charge on any atom is -0.340 e. The van der Waals surface area contributed by atoms with Crippen LogP contribution in [-0.2, 0) is 9.59 Å². The molecule has 124 valence electrons. The van der Waals surface area contributed by atoms with Crippen LogP contribution in [0.4, 0.5) is 5.69 Å². The summed E-state index contributed by atoms with van der Waals surface area (Å²) < 4.78 is 0. The number of carbonyl (C=O) groups excluding carboxylic acids is 2. The van der Waals surface area contributed by atoms with Gasteiger partial charge in [0.05, 0.1) is 5.92 Å². The smallest absolute Gasteiger partial charge is 0.228 e. The molecule has 0 N–H and O–H groups in total. The van der Waals surface area contributed by atoms with Crippen molar-refractivity contribution in [2.45, 2.75) is 45.6 Å². The zero-order chi connectivity index (χ0) is 16.6. The Hall–Kier alpha value is -1.55. The summed E-state index contributed by atoms with van der Waals surface area (Å²) in [6.45, 7) is 5.31. The first-order valence-electron chi connectivity index (χ1n) is 8.34. The molecule has 0 bridgehead atoms. The van der Waals surface area contributed by atoms with E-state index in [1.807, 2.05) is 30.0 Å². The predicted octanol–water partition coefficient (Wildman–Crippen LogP) is 3.40. The Labute approximate surface area is 142 Å². The van der Waals surface area contributed by atoms with E-state index in [1.165, 1.54) is 6.42 Å². The van der Waals surface area contributed by atoms with Gasteiger partial charge in [-0.1, -0.05) is 17.7 Å². The van der Waals surface area contributed by atoms with E-state index in [9.17, 15) is 9.59 Å². The highest BCUT2D eigenvalue weighted by molar-refractivity contribution is 6.31. The summed E-state index contributed by atoms with van der Waals surface area (Å²) in [6.07, 6.45) is 3.60. The number of hydrogen-bond acceptors (Lipinski definition) is 2. The molecule has 2 aliphatic rings. The summed E-state index contributed by atoms with van der Waals surface area (Å²) in [6, 6.07) is 5.90. The minimum atomic E-state index is -0.233. The quantitative estimate of drug-likeness (QED) is 0.831. The van der Waals surface area contributed by atoms with Crippen LogP contribution in [-0.4, -0.2) is 35.8 Å². The van der Waals surface area contributed by atoms with Crippen molar-refractivity contribution in [2.24, 2.45) is 5.92 Å². The number of carbonyl (C=O) groups is 2. The van der Waals surface area contributed by atoms with Crippen LogP contribution in [0.25, 0.3) is 0 Å². The van der Waals surface area contributed by atoms with Gasteiger partial charge in [0, 0.05) is 36.3 Å². The van der Waals surface area contributed by atoms with Gasteiger partial charge in [-0.2, -0.15) is 0 Å². The molecule has 2 saturated heterocycles. The van der Waals surface area contributed by atoms with Gasteiger partial charge in [-0.15, -0.1) is 0 Å². The highest BCUT2D eigenvalue weighted by Crippen LogP contribution is 2.30. The Morgan fingerprint density at radius 2 is 2.09 bits per heavy atom. The number of piperidine rings is 1. The minimum absolute atomic E-state index is 0.00734. The van der Waals surface area contributed by atoms with E-state index in [0.29, 0.717) is 18.0 Å². The van der Waals surface area contributed by atoms with Crippen molar-refractivity contribution >= 4 is 29.1 Å². The fourth-order valence-electron chi connectivity index (χ4n) is 3.53. The maximum Gasteiger partial charge on any atom is 0.228 e. The summed E-state index contributed by atoms with van der Waals surface area (Å²) >= 11 is 6.17. The summed E-state index contributed by atoms with van der Waals surface area (Å²) in [5.41, 5.74) is 1.77. The average Bonchev–Trinajstić information content (AvgIpc) is 2.92. The number of amides is 2. The molecular formula is C18H23ClN2O2. The van der Waals surface area contributed by atoms with Crippen LogP contribution in [0.3, 0.4) is 0 Å². The molecule has 1 aromatic rings. The third-order valence-corrected chi connectivity index (χ3v) is 5.43. The fraction of sp³-hybridized carbons (Fsp3) is 0.556. The molecule has 0 spiro atoms. The van der Waals surface area contributed by atoms with E-state index in [1.54, 1.807) is 4.90 Å². The third-order valence-electron chi connectivity index (χ3n) is 5.03. The molecule has 2 heterocycles. The number of halogens is 1. The number of hydrogen-bond donors (Lipinski definition) is 0. The summed E-state index contributed by atoms with van der Waals surface area (Å²) in [5, 5.41) is 0.648. The molecule has 2 fully saturated rings. The Morgan fingerprint density at radius 3 is 2.78 bits per heavy atom. The van der Waals surface area contributed by atoms with Crippen molar-refractivity contribution in [3.8, 4) is 0 Å². The molecule has 2 atom stereocenters. The second-order valence-electron chi connectivity index (χ2n) is 6.72. The third kappa shape index (κ3) is 3.23. The van der Waals surface area contributed by atoms with Gasteiger partial charge in [-0.25, -0.2) is 0 Å². The van der Waals surface area contributed by atoms with Gasteiger partial charge >= 0.3 is 0 Å². The van der Waals surface area contributed by atoms with Crippen molar-refractivity contribution in [1.82, 2.24) is 4.90 Å². The van der Waals surface area contributed by atoms with Gasteiger partial charge in [0.15, 0.2) is 0 Å². The van der Waals surface area contributed by atoms with E-state index in [-0.39, 0.29) is 23.8 Å². The van der Waals surface area contributed by atoms with Crippen molar-refractivity contribution in [3.63, 3.8) is 0 Å². The molecule has 5 heteroatoms. The lowest BCUT2D eigenvalue weighted by atomic mass is 9.99. The van der Waals surface area contributed by atoms with Crippen LogP contribution in [0, 0.1) is 12.8 Å². The second kappa shape index (κ2) is 6.52. The van der Waals surface area contributed by atoms with Crippen LogP contribution < -0.4 is 4.90 Å². The predicted molar refractivity (Wildman–Crippen MR) is 91.7 cm³/mol. The van der Waals surface area contributed by atoms with Gasteiger partial charge in [0.1, 0.15) is 0 Å². The van der Waals surface area contributed by atoms with Crippen molar-refractivity contribution in [1.29, 1.82) is 0 Å². The van der Waals surface area contributed by atoms with Crippen LogP contribution >= 0.6 is 11.6 Å². The van der Waals surface area contributed by atoms with Gasteiger partial charge in [-0.3, -0.25) is 9.59 Å². The maximum atomic E-state index is 12.8. The summed E-state index contributed by atoms with van der Waals surface area (Å²) in [5.74, 6) is -0.0951. The Bertz CT molecular complexity index is 631. The average molecular weight is 335 g/mol. The van der Waals surface area contributed by atoms with Crippen LogP contribution in [0.5, 0.6) is 0 Å². The van der Waals surface area contributed by atoms with Crippen LogP contribution in [0.15, 0.2) is 18.2 Å². The van der Waals surface area contributed by atoms with Gasteiger partial charge in [0.25, 0.3) is 0 Å². The molecule has 1 aromatic carbocycles. The summed E-state index contributed by atoms with van der Waals surface area (Å²) in [7, 11) is 0. The highest BCUT2D eigenvalue weighted by atomic mass is 35.5. The number of benzene rings is 1. The molecular weight excluding hydrogens is 312 g/mol. The van der Waals surface area contributed by atoms with E-state index in [2.05, 4.69) is 6.92 Å². The van der Waals surface area contributed by atoms with Gasteiger partial charge in [-0.05, 0) is 50.8 Å². The zero-order valence-corrected chi connectivity index (χ0v) is 14.5. The first-order chi connectivity index (χ1) is 11.0. The molecule has 3 rings (SSSR count). The first-order valence-corrected chi connectivity index (χ1v) is 8.72. The fourth-order valence-corrected chi connectivity index (χ4v) is 3.71. The Balaban J connectivity index is 1.74. The lowest BCUT2D eigenvalue weighted by Gasteiger charge is -2.35. The van der Waals surface area contributed by atoms with Gasteiger partial charge in [0.2, 0.25) is 11.8 Å². The van der Waals surface area contributed by atoms with Crippen LogP contribution in [0.1, 0.15) is 38.2 Å². The number of rotatable bonds is 2. The SMILES string of the molecule is Cc1ccc(N2C[C@@H](C(=O)N3CCCC[C@@H]3C)CC2=O)cc1Cl. The first kappa shape index (κ1) is 16.3. The van der Waals surface area contributed by atoms with Crippen molar-refractivity contribution in [3.05, 3.63) is 28.8 Å². The second-order valence-corrected chi connectivity index (χ2v) is 7.12. The van der Waals surface area contributed by atoms with Gasteiger partial charge < -0.3 is 9.80 Å². The Morgan fingerprint density at radius 1 is 1.30 bits per heavy atom.